The van der Waals surface area contributed by atoms with E-state index in [0.29, 0.717) is 29.5 Å². The quantitative estimate of drug-likeness (QED) is 0.668. The molecule has 0 radical (unpaired) electrons. The van der Waals surface area contributed by atoms with Crippen LogP contribution in [0, 0.1) is 0 Å². The summed E-state index contributed by atoms with van der Waals surface area (Å²) in [5, 5.41) is 6.64. The molecule has 0 aliphatic rings. The van der Waals surface area contributed by atoms with Crippen LogP contribution in [0.4, 0.5) is 5.69 Å². The highest BCUT2D eigenvalue weighted by atomic mass is 16.5. The van der Waals surface area contributed by atoms with Gasteiger partial charge in [-0.3, -0.25) is 14.6 Å². The highest BCUT2D eigenvalue weighted by Crippen LogP contribution is 2.14. The minimum absolute atomic E-state index is 0.171. The molecule has 132 valence electrons. The van der Waals surface area contributed by atoms with Crippen LogP contribution >= 0.6 is 0 Å². The summed E-state index contributed by atoms with van der Waals surface area (Å²) in [7, 11) is 0. The van der Waals surface area contributed by atoms with E-state index >= 15 is 0 Å². The van der Waals surface area contributed by atoms with Gasteiger partial charge in [0.05, 0.1) is 6.42 Å². The average Bonchev–Trinajstić information content (AvgIpc) is 3.11. The summed E-state index contributed by atoms with van der Waals surface area (Å²) >= 11 is 0. The number of anilines is 1. The van der Waals surface area contributed by atoms with E-state index in [2.05, 4.69) is 20.4 Å². The van der Waals surface area contributed by atoms with E-state index in [0.717, 1.165) is 5.56 Å². The van der Waals surface area contributed by atoms with Crippen LogP contribution in [-0.4, -0.2) is 26.9 Å². The topological polar surface area (TPSA) is 124 Å². The second-order valence-electron chi connectivity index (χ2n) is 5.61. The van der Waals surface area contributed by atoms with Gasteiger partial charge in [0.2, 0.25) is 23.5 Å². The highest BCUT2D eigenvalue weighted by Gasteiger charge is 2.11. The summed E-state index contributed by atoms with van der Waals surface area (Å²) in [5.41, 5.74) is 7.19. The molecule has 0 aliphatic carbocycles. The van der Waals surface area contributed by atoms with E-state index in [1.807, 2.05) is 6.07 Å². The minimum atomic E-state index is -0.397. The maximum Gasteiger partial charge on any atom is 0.227 e. The number of nitrogens with one attached hydrogen (secondary N) is 1. The Morgan fingerprint density at radius 1 is 1.12 bits per heavy atom. The molecular weight excluding hydrogens is 334 g/mol. The van der Waals surface area contributed by atoms with Crippen molar-refractivity contribution in [3.63, 3.8) is 0 Å². The van der Waals surface area contributed by atoms with Crippen LogP contribution < -0.4 is 11.1 Å². The van der Waals surface area contributed by atoms with E-state index < -0.39 is 5.91 Å². The number of carbonyl (C=O) groups excluding carboxylic acids is 2. The molecule has 8 heteroatoms. The van der Waals surface area contributed by atoms with Gasteiger partial charge < -0.3 is 15.6 Å². The predicted octanol–water partition coefficient (Wildman–Crippen LogP) is 1.73. The first-order chi connectivity index (χ1) is 12.6. The lowest BCUT2D eigenvalue weighted by Gasteiger charge is -2.05. The average molecular weight is 351 g/mol. The van der Waals surface area contributed by atoms with Crippen LogP contribution in [0.15, 0.2) is 53.2 Å². The Kier molecular flexibility index (Phi) is 5.33. The summed E-state index contributed by atoms with van der Waals surface area (Å²) in [5.74, 6) is 0.195. The molecule has 2 amide bonds. The Labute approximate surface area is 149 Å². The monoisotopic (exact) mass is 351 g/mol. The highest BCUT2D eigenvalue weighted by molar-refractivity contribution is 5.90. The molecule has 0 bridgehead atoms. The smallest absolute Gasteiger partial charge is 0.227 e. The Balaban J connectivity index is 1.51. The van der Waals surface area contributed by atoms with Crippen LogP contribution in [0.1, 0.15) is 17.9 Å². The number of nitrogens with zero attached hydrogens (tertiary/aromatic N) is 3. The largest absolute Gasteiger partial charge is 0.369 e. The first kappa shape index (κ1) is 17.3. The van der Waals surface area contributed by atoms with Crippen molar-refractivity contribution < 1.29 is 14.1 Å². The van der Waals surface area contributed by atoms with Gasteiger partial charge in [-0.25, -0.2) is 0 Å². The van der Waals surface area contributed by atoms with Gasteiger partial charge in [-0.05, 0) is 29.8 Å². The van der Waals surface area contributed by atoms with Gasteiger partial charge in [-0.2, -0.15) is 4.98 Å². The normalized spacial score (nSPS) is 10.5. The molecule has 2 aromatic heterocycles. The molecule has 3 rings (SSSR count). The van der Waals surface area contributed by atoms with Crippen LogP contribution in [0.2, 0.25) is 0 Å². The fraction of sp³-hybridized carbons (Fsp3) is 0.167. The summed E-state index contributed by atoms with van der Waals surface area (Å²) in [6, 6.07) is 12.4. The molecule has 0 aliphatic heterocycles. The maximum atomic E-state index is 12.0. The molecule has 0 atom stereocenters. The zero-order valence-corrected chi connectivity index (χ0v) is 13.9. The standard InChI is InChI=1S/C18H17N5O3/c19-15(24)11-12-4-6-13(7-5-12)21-16(25)8-9-17-22-18(23-26-17)14-3-1-2-10-20-14/h1-7,10H,8-9,11H2,(H2,19,24)(H,21,25). The van der Waals surface area contributed by atoms with Gasteiger partial charge in [0.15, 0.2) is 0 Å². The van der Waals surface area contributed by atoms with E-state index in [1.54, 1.807) is 42.6 Å². The van der Waals surface area contributed by atoms with E-state index in [1.165, 1.54) is 0 Å². The number of benzene rings is 1. The molecule has 8 nitrogen and oxygen atoms in total. The van der Waals surface area contributed by atoms with Gasteiger partial charge in [0.1, 0.15) is 5.69 Å². The van der Waals surface area contributed by atoms with Crippen molar-refractivity contribution in [3.05, 3.63) is 60.1 Å². The Bertz CT molecular complexity index is 891. The van der Waals surface area contributed by atoms with Gasteiger partial charge in [-0.1, -0.05) is 23.4 Å². The van der Waals surface area contributed by atoms with Crippen LogP contribution in [0.3, 0.4) is 0 Å². The SMILES string of the molecule is NC(=O)Cc1ccc(NC(=O)CCc2nc(-c3ccccn3)no2)cc1. The lowest BCUT2D eigenvalue weighted by molar-refractivity contribution is -0.117. The molecule has 3 N–H and O–H groups in total. The fourth-order valence-electron chi connectivity index (χ4n) is 2.31. The lowest BCUT2D eigenvalue weighted by Crippen LogP contribution is -2.14. The van der Waals surface area contributed by atoms with Gasteiger partial charge in [-0.15, -0.1) is 0 Å². The summed E-state index contributed by atoms with van der Waals surface area (Å²) < 4.78 is 5.15. The van der Waals surface area contributed by atoms with Crippen molar-refractivity contribution in [1.29, 1.82) is 0 Å². The molecule has 26 heavy (non-hydrogen) atoms. The van der Waals surface area contributed by atoms with E-state index in [-0.39, 0.29) is 18.7 Å². The number of aryl methyl sites for hydroxylation is 1. The lowest BCUT2D eigenvalue weighted by atomic mass is 10.1. The second kappa shape index (κ2) is 8.02. The number of primary amides is 1. The van der Waals surface area contributed by atoms with Crippen molar-refractivity contribution in [2.75, 3.05) is 5.32 Å². The number of carbonyl (C=O) groups is 2. The zero-order chi connectivity index (χ0) is 18.4. The van der Waals surface area contributed by atoms with Gasteiger partial charge >= 0.3 is 0 Å². The molecule has 0 fully saturated rings. The zero-order valence-electron chi connectivity index (χ0n) is 13.9. The van der Waals surface area contributed by atoms with E-state index in [9.17, 15) is 9.59 Å². The summed E-state index contributed by atoms with van der Waals surface area (Å²) in [4.78, 5) is 31.3. The number of aromatic nitrogens is 3. The molecule has 0 saturated heterocycles. The third kappa shape index (κ3) is 4.73. The first-order valence-corrected chi connectivity index (χ1v) is 8.01. The fourth-order valence-corrected chi connectivity index (χ4v) is 2.31. The maximum absolute atomic E-state index is 12.0. The number of hydrogen-bond donors (Lipinski definition) is 2. The molecule has 3 aromatic rings. The molecule has 2 heterocycles. The van der Waals surface area contributed by atoms with E-state index in [4.69, 9.17) is 10.3 Å². The van der Waals surface area contributed by atoms with Crippen molar-refractivity contribution >= 4 is 17.5 Å². The van der Waals surface area contributed by atoms with Crippen LogP contribution in [0.5, 0.6) is 0 Å². The van der Waals surface area contributed by atoms with Crippen LogP contribution in [0.25, 0.3) is 11.5 Å². The molecule has 0 saturated carbocycles. The van der Waals surface area contributed by atoms with Crippen LogP contribution in [-0.2, 0) is 22.4 Å². The van der Waals surface area contributed by atoms with Crippen molar-refractivity contribution in [2.24, 2.45) is 5.73 Å². The molecule has 0 unspecified atom stereocenters. The molecule has 1 aromatic carbocycles. The van der Waals surface area contributed by atoms with Crippen molar-refractivity contribution in [2.45, 2.75) is 19.3 Å². The third-order valence-electron chi connectivity index (χ3n) is 3.54. The number of rotatable bonds is 7. The third-order valence-corrected chi connectivity index (χ3v) is 3.54. The van der Waals surface area contributed by atoms with Gasteiger partial charge in [0, 0.05) is 24.7 Å². The Morgan fingerprint density at radius 2 is 1.92 bits per heavy atom. The predicted molar refractivity (Wildman–Crippen MR) is 93.8 cm³/mol. The number of amides is 2. The summed E-state index contributed by atoms with van der Waals surface area (Å²) in [6.45, 7) is 0. The second-order valence-corrected chi connectivity index (χ2v) is 5.61. The van der Waals surface area contributed by atoms with Gasteiger partial charge in [0.25, 0.3) is 0 Å². The van der Waals surface area contributed by atoms with Crippen molar-refractivity contribution in [1.82, 2.24) is 15.1 Å². The first-order valence-electron chi connectivity index (χ1n) is 8.01. The molecular formula is C18H17N5O3. The number of hydrogen-bond acceptors (Lipinski definition) is 6. The van der Waals surface area contributed by atoms with Crippen molar-refractivity contribution in [3.8, 4) is 11.5 Å². The molecule has 0 spiro atoms. The Morgan fingerprint density at radius 3 is 2.62 bits per heavy atom. The number of pyridine rings is 1. The minimum Gasteiger partial charge on any atom is -0.369 e. The summed E-state index contributed by atoms with van der Waals surface area (Å²) in [6.07, 6.45) is 2.34. The number of nitrogens with two attached hydrogens (primary N) is 1. The Hall–Kier alpha value is -3.55.